The molecular formula is C11H16N2. The first-order valence-corrected chi connectivity index (χ1v) is 4.86. The van der Waals surface area contributed by atoms with Crippen molar-refractivity contribution in [3.63, 3.8) is 0 Å². The number of aryl methyl sites for hydroxylation is 1. The Bertz CT molecular complexity index is 307. The highest BCUT2D eigenvalue weighted by molar-refractivity contribution is 5.58. The monoisotopic (exact) mass is 176 g/mol. The molecule has 0 saturated carbocycles. The second-order valence-corrected chi connectivity index (χ2v) is 3.78. The zero-order valence-electron chi connectivity index (χ0n) is 8.01. The van der Waals surface area contributed by atoms with E-state index in [2.05, 4.69) is 30.4 Å². The second kappa shape index (κ2) is 3.38. The molecule has 2 heteroatoms. The molecule has 0 aromatic heterocycles. The van der Waals surface area contributed by atoms with E-state index < -0.39 is 0 Å². The van der Waals surface area contributed by atoms with Crippen LogP contribution in [-0.2, 0) is 6.42 Å². The standard InChI is InChI=1S/C11H16N2/c1-8-2-3-9-7-10(4-5-12)13-11(9)6-8/h2-3,6,10,13H,4-5,7,12H2,1H3. The molecule has 1 atom stereocenters. The molecule has 0 spiro atoms. The van der Waals surface area contributed by atoms with Gasteiger partial charge in [0.05, 0.1) is 0 Å². The largest absolute Gasteiger partial charge is 0.382 e. The van der Waals surface area contributed by atoms with Gasteiger partial charge in [0, 0.05) is 11.7 Å². The lowest BCUT2D eigenvalue weighted by Crippen LogP contribution is -2.19. The lowest BCUT2D eigenvalue weighted by atomic mass is 10.1. The molecule has 1 aromatic carbocycles. The minimum Gasteiger partial charge on any atom is -0.382 e. The highest BCUT2D eigenvalue weighted by Crippen LogP contribution is 2.27. The maximum absolute atomic E-state index is 5.53. The van der Waals surface area contributed by atoms with Crippen LogP contribution in [0.4, 0.5) is 5.69 Å². The fourth-order valence-electron chi connectivity index (χ4n) is 1.91. The third kappa shape index (κ3) is 1.68. The van der Waals surface area contributed by atoms with E-state index in [1.54, 1.807) is 0 Å². The number of rotatable bonds is 2. The predicted molar refractivity (Wildman–Crippen MR) is 56.0 cm³/mol. The SMILES string of the molecule is Cc1ccc2c(c1)NC(CCN)C2. The molecule has 3 N–H and O–H groups in total. The molecule has 1 heterocycles. The van der Waals surface area contributed by atoms with Gasteiger partial charge in [-0.1, -0.05) is 12.1 Å². The van der Waals surface area contributed by atoms with Crippen LogP contribution in [0.5, 0.6) is 0 Å². The first kappa shape index (κ1) is 8.57. The third-order valence-corrected chi connectivity index (χ3v) is 2.61. The van der Waals surface area contributed by atoms with Gasteiger partial charge in [-0.15, -0.1) is 0 Å². The summed E-state index contributed by atoms with van der Waals surface area (Å²) in [6.07, 6.45) is 2.19. The van der Waals surface area contributed by atoms with Crippen LogP contribution in [0.2, 0.25) is 0 Å². The number of fused-ring (bicyclic) bond motifs is 1. The van der Waals surface area contributed by atoms with Crippen LogP contribution in [0.3, 0.4) is 0 Å². The minimum absolute atomic E-state index is 0.557. The van der Waals surface area contributed by atoms with Crippen molar-refractivity contribution in [1.29, 1.82) is 0 Å². The van der Waals surface area contributed by atoms with Crippen LogP contribution in [0.25, 0.3) is 0 Å². The number of anilines is 1. The Labute approximate surface area is 79.1 Å². The minimum atomic E-state index is 0.557. The highest BCUT2D eigenvalue weighted by atomic mass is 14.9. The van der Waals surface area contributed by atoms with E-state index in [9.17, 15) is 0 Å². The van der Waals surface area contributed by atoms with Crippen molar-refractivity contribution in [2.75, 3.05) is 11.9 Å². The summed E-state index contributed by atoms with van der Waals surface area (Å²) >= 11 is 0. The molecule has 13 heavy (non-hydrogen) atoms. The summed E-state index contributed by atoms with van der Waals surface area (Å²) < 4.78 is 0. The van der Waals surface area contributed by atoms with Gasteiger partial charge in [0.25, 0.3) is 0 Å². The number of hydrogen-bond donors (Lipinski definition) is 2. The molecule has 0 fully saturated rings. The lowest BCUT2D eigenvalue weighted by Gasteiger charge is -2.08. The number of hydrogen-bond acceptors (Lipinski definition) is 2. The average Bonchev–Trinajstić information content (AvgIpc) is 2.46. The van der Waals surface area contributed by atoms with Crippen LogP contribution in [0, 0.1) is 6.92 Å². The molecule has 1 aromatic rings. The quantitative estimate of drug-likeness (QED) is 0.719. The Hall–Kier alpha value is -1.02. The molecule has 2 nitrogen and oxygen atoms in total. The Balaban J connectivity index is 2.16. The zero-order chi connectivity index (χ0) is 9.26. The molecule has 0 bridgehead atoms. The molecule has 1 unspecified atom stereocenters. The first-order chi connectivity index (χ1) is 6.29. The Morgan fingerprint density at radius 3 is 3.15 bits per heavy atom. The summed E-state index contributed by atoms with van der Waals surface area (Å²) in [6, 6.07) is 7.16. The summed E-state index contributed by atoms with van der Waals surface area (Å²) in [6.45, 7) is 2.89. The van der Waals surface area contributed by atoms with Gasteiger partial charge in [-0.05, 0) is 43.5 Å². The maximum Gasteiger partial charge on any atom is 0.0378 e. The third-order valence-electron chi connectivity index (χ3n) is 2.61. The summed E-state index contributed by atoms with van der Waals surface area (Å²) in [5.74, 6) is 0. The van der Waals surface area contributed by atoms with E-state index in [0.717, 1.165) is 19.4 Å². The van der Waals surface area contributed by atoms with E-state index >= 15 is 0 Å². The Kier molecular flexibility index (Phi) is 2.23. The van der Waals surface area contributed by atoms with Crippen molar-refractivity contribution in [1.82, 2.24) is 0 Å². The van der Waals surface area contributed by atoms with Gasteiger partial charge < -0.3 is 11.1 Å². The fourth-order valence-corrected chi connectivity index (χ4v) is 1.91. The summed E-state index contributed by atoms with van der Waals surface area (Å²) in [4.78, 5) is 0. The summed E-state index contributed by atoms with van der Waals surface area (Å²) in [7, 11) is 0. The van der Waals surface area contributed by atoms with Crippen molar-refractivity contribution in [3.8, 4) is 0 Å². The van der Waals surface area contributed by atoms with E-state index in [1.807, 2.05) is 0 Å². The number of nitrogens with two attached hydrogens (primary N) is 1. The van der Waals surface area contributed by atoms with E-state index in [0.29, 0.717) is 6.04 Å². The van der Waals surface area contributed by atoms with Crippen LogP contribution < -0.4 is 11.1 Å². The van der Waals surface area contributed by atoms with Crippen molar-refractivity contribution in [2.45, 2.75) is 25.8 Å². The lowest BCUT2D eigenvalue weighted by molar-refractivity contribution is 0.684. The van der Waals surface area contributed by atoms with Gasteiger partial charge in [0.2, 0.25) is 0 Å². The molecule has 0 saturated heterocycles. The highest BCUT2D eigenvalue weighted by Gasteiger charge is 2.18. The topological polar surface area (TPSA) is 38.0 Å². The van der Waals surface area contributed by atoms with Gasteiger partial charge in [-0.2, -0.15) is 0 Å². The molecule has 1 aliphatic heterocycles. The molecule has 70 valence electrons. The Morgan fingerprint density at radius 1 is 1.54 bits per heavy atom. The van der Waals surface area contributed by atoms with Crippen LogP contribution in [0.1, 0.15) is 17.5 Å². The van der Waals surface area contributed by atoms with Crippen molar-refractivity contribution < 1.29 is 0 Å². The molecule has 0 radical (unpaired) electrons. The van der Waals surface area contributed by atoms with Gasteiger partial charge in [-0.25, -0.2) is 0 Å². The van der Waals surface area contributed by atoms with Crippen molar-refractivity contribution in [2.24, 2.45) is 5.73 Å². The zero-order valence-corrected chi connectivity index (χ0v) is 8.01. The molecule has 1 aliphatic rings. The second-order valence-electron chi connectivity index (χ2n) is 3.78. The van der Waals surface area contributed by atoms with E-state index in [1.165, 1.54) is 16.8 Å². The van der Waals surface area contributed by atoms with Gasteiger partial charge in [0.15, 0.2) is 0 Å². The number of benzene rings is 1. The average molecular weight is 176 g/mol. The van der Waals surface area contributed by atoms with Gasteiger partial charge >= 0.3 is 0 Å². The van der Waals surface area contributed by atoms with Crippen molar-refractivity contribution in [3.05, 3.63) is 29.3 Å². The van der Waals surface area contributed by atoms with Crippen LogP contribution in [-0.4, -0.2) is 12.6 Å². The summed E-state index contributed by atoms with van der Waals surface area (Å²) in [5.41, 5.74) is 9.59. The van der Waals surface area contributed by atoms with E-state index in [-0.39, 0.29) is 0 Å². The van der Waals surface area contributed by atoms with Gasteiger partial charge in [0.1, 0.15) is 0 Å². The summed E-state index contributed by atoms with van der Waals surface area (Å²) in [5, 5.41) is 3.50. The molecule has 0 aliphatic carbocycles. The number of nitrogens with one attached hydrogen (secondary N) is 1. The maximum atomic E-state index is 5.53. The normalized spacial score (nSPS) is 19.7. The fraction of sp³-hybridized carbons (Fsp3) is 0.455. The van der Waals surface area contributed by atoms with Crippen LogP contribution >= 0.6 is 0 Å². The van der Waals surface area contributed by atoms with Crippen LogP contribution in [0.15, 0.2) is 18.2 Å². The first-order valence-electron chi connectivity index (χ1n) is 4.86. The Morgan fingerprint density at radius 2 is 2.38 bits per heavy atom. The molecule has 2 rings (SSSR count). The molecule has 0 amide bonds. The molecular weight excluding hydrogens is 160 g/mol. The van der Waals surface area contributed by atoms with Crippen molar-refractivity contribution >= 4 is 5.69 Å². The smallest absolute Gasteiger partial charge is 0.0378 e. The van der Waals surface area contributed by atoms with E-state index in [4.69, 9.17) is 5.73 Å². The predicted octanol–water partition coefficient (Wildman–Crippen LogP) is 1.68. The van der Waals surface area contributed by atoms with Gasteiger partial charge in [-0.3, -0.25) is 0 Å².